The maximum absolute atomic E-state index is 12.9. The predicted octanol–water partition coefficient (Wildman–Crippen LogP) is 3.59. The Morgan fingerprint density at radius 1 is 1.03 bits per heavy atom. The van der Waals surface area contributed by atoms with Gasteiger partial charge in [-0.2, -0.15) is 11.8 Å². The minimum Gasteiger partial charge on any atom is -0.480 e. The number of aliphatic hydroxyl groups is 3. The van der Waals surface area contributed by atoms with E-state index in [1.165, 1.54) is 41.8 Å². The van der Waals surface area contributed by atoms with Gasteiger partial charge in [0.25, 0.3) is 0 Å². The molecule has 2 aromatic heterocycles. The monoisotopic (exact) mass is 840 g/mol. The Labute approximate surface area is 348 Å². The van der Waals surface area contributed by atoms with E-state index >= 15 is 0 Å². The molecule has 5 fully saturated rings. The molecule has 1 saturated heterocycles. The summed E-state index contributed by atoms with van der Waals surface area (Å²) in [4.78, 5) is 48.7. The normalized spacial score (nSPS) is 37.0. The first-order valence-corrected chi connectivity index (χ1v) is 22.8. The third kappa shape index (κ3) is 8.54. The smallest absolute Gasteiger partial charge is 0.331 e. The topological polar surface area (TPSA) is 241 Å². The summed E-state index contributed by atoms with van der Waals surface area (Å²) >= 11 is 1.38. The number of fused-ring (bicyclic) bond motifs is 6. The number of aliphatic carboxylic acids is 1. The summed E-state index contributed by atoms with van der Waals surface area (Å²) in [6, 6.07) is -0.963. The van der Waals surface area contributed by atoms with Gasteiger partial charge >= 0.3 is 11.9 Å². The molecule has 4 aliphatic carbocycles. The highest BCUT2D eigenvalue weighted by molar-refractivity contribution is 7.99. The number of hydrogen-bond donors (Lipinski definition) is 6. The quantitative estimate of drug-likeness (QED) is 0.105. The van der Waals surface area contributed by atoms with Crippen molar-refractivity contribution < 1.29 is 49.0 Å². The summed E-state index contributed by atoms with van der Waals surface area (Å²) < 4.78 is 19.2. The molecule has 8 rings (SSSR count). The number of carboxylic acid groups (broad SMARTS) is 1. The first-order valence-electron chi connectivity index (χ1n) is 21.7. The van der Waals surface area contributed by atoms with Crippen LogP contribution < -0.4 is 11.1 Å². The number of carbonyl (C=O) groups excluding carboxylic acids is 2. The number of hydrogen-bond acceptors (Lipinski definition) is 14. The van der Waals surface area contributed by atoms with E-state index < -0.39 is 36.6 Å². The summed E-state index contributed by atoms with van der Waals surface area (Å²) in [5.74, 6) is 2.76. The second kappa shape index (κ2) is 18.0. The number of nitrogens with one attached hydrogen (secondary N) is 1. The number of aliphatic hydroxyl groups excluding tert-OH is 3. The van der Waals surface area contributed by atoms with E-state index in [-0.39, 0.29) is 47.7 Å². The number of carboxylic acids is 1. The molecule has 7 N–H and O–H groups in total. The van der Waals surface area contributed by atoms with Gasteiger partial charge in [-0.3, -0.25) is 14.2 Å². The molecule has 0 radical (unpaired) electrons. The standard InChI is InChI=1S/C42H60N6O10S/c1-42-28(23-16-34(51)57-18-23)10-11-29(42)26-8-6-22-15-24(7-9-25(22)27(26)17-32(42)49)56-13-4-2-3-5-33(50)47-38-35-39(45-20-44-38)48(21-46-35)40-37(53)36(52)31(58-40)19-59-14-12-30(43)41(54)55/h16,20-22,24-32,36-37,40,49,52-53H,2-15,17-19,43H2,1H3,(H,54,55)(H,44,45,47,50)/t22?,24-,25?,26?,27?,28?,29?,30?,31?,32?,36-,37-,40?,42?/m1/s1. The lowest BCUT2D eigenvalue weighted by atomic mass is 9.48. The highest BCUT2D eigenvalue weighted by Gasteiger charge is 2.61. The Balaban J connectivity index is 0.748. The van der Waals surface area contributed by atoms with Crippen molar-refractivity contribution in [2.45, 2.75) is 133 Å². The molecule has 2 aliphatic heterocycles. The average Bonchev–Trinajstić information content (AvgIpc) is 4.00. The zero-order valence-corrected chi connectivity index (χ0v) is 34.6. The lowest BCUT2D eigenvalue weighted by Crippen LogP contribution is -2.55. The molecule has 0 aromatic carbocycles. The maximum Gasteiger partial charge on any atom is 0.331 e. The van der Waals surface area contributed by atoms with Crippen molar-refractivity contribution in [1.29, 1.82) is 0 Å². The minimum atomic E-state index is -1.26. The van der Waals surface area contributed by atoms with Gasteiger partial charge in [0, 0.05) is 30.3 Å². The fourth-order valence-corrected chi connectivity index (χ4v) is 13.0. The number of esters is 1. The summed E-state index contributed by atoms with van der Waals surface area (Å²) in [6.07, 6.45) is 12.0. The molecular weight excluding hydrogens is 781 g/mol. The second-order valence-electron chi connectivity index (χ2n) is 18.1. The minimum absolute atomic E-state index is 0.181. The number of thioether (sulfide) groups is 1. The summed E-state index contributed by atoms with van der Waals surface area (Å²) in [5.41, 5.74) is 7.14. The molecule has 4 heterocycles. The lowest BCUT2D eigenvalue weighted by molar-refractivity contribution is -0.141. The summed E-state index contributed by atoms with van der Waals surface area (Å²) in [7, 11) is 0. The van der Waals surface area contributed by atoms with Gasteiger partial charge < -0.3 is 45.7 Å². The van der Waals surface area contributed by atoms with Crippen LogP contribution >= 0.6 is 11.8 Å². The van der Waals surface area contributed by atoms with Crippen LogP contribution in [0.2, 0.25) is 0 Å². The molecule has 6 aliphatic rings. The van der Waals surface area contributed by atoms with E-state index in [4.69, 9.17) is 25.1 Å². The Bertz CT molecular complexity index is 1880. The molecule has 324 valence electrons. The highest BCUT2D eigenvalue weighted by Crippen LogP contribution is 2.65. The molecule has 11 unspecified atom stereocenters. The molecule has 59 heavy (non-hydrogen) atoms. The van der Waals surface area contributed by atoms with Crippen LogP contribution in [0.4, 0.5) is 5.82 Å². The molecule has 16 nitrogen and oxygen atoms in total. The number of carbonyl (C=O) groups is 3. The molecule has 17 heteroatoms. The van der Waals surface area contributed by atoms with E-state index in [0.717, 1.165) is 56.9 Å². The second-order valence-corrected chi connectivity index (χ2v) is 19.2. The first kappa shape index (κ1) is 42.5. The first-order chi connectivity index (χ1) is 28.4. The average molecular weight is 841 g/mol. The van der Waals surface area contributed by atoms with Crippen molar-refractivity contribution in [3.63, 3.8) is 0 Å². The fourth-order valence-electron chi connectivity index (χ4n) is 11.9. The van der Waals surface area contributed by atoms with Crippen LogP contribution in [-0.2, 0) is 28.6 Å². The van der Waals surface area contributed by atoms with Gasteiger partial charge in [0.1, 0.15) is 31.2 Å². The van der Waals surface area contributed by atoms with Crippen LogP contribution in [0.15, 0.2) is 24.3 Å². The van der Waals surface area contributed by atoms with E-state index in [1.807, 2.05) is 0 Å². The van der Waals surface area contributed by atoms with E-state index in [1.54, 1.807) is 6.08 Å². The Morgan fingerprint density at radius 3 is 2.66 bits per heavy atom. The number of aromatic nitrogens is 4. The SMILES string of the molecule is CC12C(O)CC3C4CC[C@@H](OCCCCCC(=O)Nc5ncnc6c5ncn6C5OC(CSCCC(N)C(=O)O)[C@@H](O)[C@H]5O)CC4CCC3C1CCC2C1=CC(=O)OC1. The van der Waals surface area contributed by atoms with Gasteiger partial charge in [0.05, 0.1) is 24.6 Å². The summed E-state index contributed by atoms with van der Waals surface area (Å²) in [6.45, 7) is 3.34. The number of ether oxygens (including phenoxy) is 3. The van der Waals surface area contributed by atoms with Crippen molar-refractivity contribution >= 4 is 46.6 Å². The van der Waals surface area contributed by atoms with Gasteiger partial charge in [0.15, 0.2) is 23.2 Å². The molecule has 0 bridgehead atoms. The van der Waals surface area contributed by atoms with E-state index in [9.17, 15) is 29.7 Å². The molecule has 2 aromatic rings. The largest absolute Gasteiger partial charge is 0.480 e. The number of imidazole rings is 1. The van der Waals surface area contributed by atoms with Crippen molar-refractivity contribution in [3.8, 4) is 0 Å². The third-order valence-corrected chi connectivity index (χ3v) is 16.0. The maximum atomic E-state index is 12.9. The number of rotatable bonds is 16. The third-order valence-electron chi connectivity index (χ3n) is 14.9. The van der Waals surface area contributed by atoms with Crippen LogP contribution in [0, 0.1) is 40.9 Å². The van der Waals surface area contributed by atoms with Crippen molar-refractivity contribution in [2.24, 2.45) is 46.7 Å². The number of cyclic esters (lactones) is 1. The molecule has 0 spiro atoms. The van der Waals surface area contributed by atoms with Gasteiger partial charge in [-0.15, -0.1) is 0 Å². The van der Waals surface area contributed by atoms with Crippen LogP contribution in [0.5, 0.6) is 0 Å². The molecule has 1 amide bonds. The van der Waals surface area contributed by atoms with Crippen molar-refractivity contribution in [1.82, 2.24) is 19.5 Å². The molecular formula is C42H60N6O10S. The fraction of sp³-hybridized carbons (Fsp3) is 0.762. The highest BCUT2D eigenvalue weighted by atomic mass is 32.2. The van der Waals surface area contributed by atoms with Crippen LogP contribution in [0.25, 0.3) is 11.2 Å². The predicted molar refractivity (Wildman–Crippen MR) is 217 cm³/mol. The number of nitrogens with two attached hydrogens (primary N) is 1. The summed E-state index contributed by atoms with van der Waals surface area (Å²) in [5, 5.41) is 45.0. The number of amides is 1. The Morgan fingerprint density at radius 2 is 1.86 bits per heavy atom. The van der Waals surface area contributed by atoms with Gasteiger partial charge in [-0.1, -0.05) is 13.3 Å². The van der Waals surface area contributed by atoms with Crippen molar-refractivity contribution in [3.05, 3.63) is 24.3 Å². The zero-order valence-electron chi connectivity index (χ0n) is 33.8. The number of nitrogens with zero attached hydrogens (tertiary/aromatic N) is 4. The van der Waals surface area contributed by atoms with E-state index in [0.29, 0.717) is 78.3 Å². The van der Waals surface area contributed by atoms with Crippen LogP contribution in [0.3, 0.4) is 0 Å². The Hall–Kier alpha value is -3.19. The molecule has 4 saturated carbocycles. The Kier molecular flexibility index (Phi) is 13.0. The van der Waals surface area contributed by atoms with Gasteiger partial charge in [-0.05, 0) is 117 Å². The number of anilines is 1. The lowest BCUT2D eigenvalue weighted by Gasteiger charge is -2.58. The zero-order chi connectivity index (χ0) is 41.4. The van der Waals surface area contributed by atoms with E-state index in [2.05, 4.69) is 27.2 Å². The number of unbranched alkanes of at least 4 members (excludes halogenated alkanes) is 2. The van der Waals surface area contributed by atoms with Gasteiger partial charge in [0.2, 0.25) is 5.91 Å². The van der Waals surface area contributed by atoms with Crippen LogP contribution in [-0.4, -0.2) is 119 Å². The molecule has 14 atom stereocenters. The van der Waals surface area contributed by atoms with Gasteiger partial charge in [-0.25, -0.2) is 19.7 Å². The van der Waals surface area contributed by atoms with Crippen molar-refractivity contribution in [2.75, 3.05) is 30.0 Å². The van der Waals surface area contributed by atoms with Crippen LogP contribution in [0.1, 0.15) is 96.6 Å².